The van der Waals surface area contributed by atoms with Gasteiger partial charge in [-0.3, -0.25) is 9.88 Å². The molecule has 2 heterocycles. The molecule has 0 spiro atoms. The van der Waals surface area contributed by atoms with Gasteiger partial charge < -0.3 is 10.5 Å². The van der Waals surface area contributed by atoms with Crippen molar-refractivity contribution in [1.29, 1.82) is 0 Å². The number of ether oxygens (including phenoxy) is 1. The van der Waals surface area contributed by atoms with Crippen molar-refractivity contribution in [3.05, 3.63) is 54.4 Å². The van der Waals surface area contributed by atoms with Gasteiger partial charge in [0.1, 0.15) is 11.9 Å². The molecule has 104 valence electrons. The summed E-state index contributed by atoms with van der Waals surface area (Å²) in [4.78, 5) is 6.45. The van der Waals surface area contributed by atoms with Crippen LogP contribution in [0.5, 0.6) is 5.75 Å². The summed E-state index contributed by atoms with van der Waals surface area (Å²) in [6.45, 7) is 2.98. The lowest BCUT2D eigenvalue weighted by Gasteiger charge is -2.17. The molecule has 0 saturated carbocycles. The highest BCUT2D eigenvalue weighted by atomic mass is 16.5. The second-order valence-electron chi connectivity index (χ2n) is 5.19. The first-order valence-electron chi connectivity index (χ1n) is 6.93. The smallest absolute Gasteiger partial charge is 0.121 e. The minimum Gasteiger partial charge on any atom is -0.489 e. The Labute approximate surface area is 119 Å². The molecule has 1 aliphatic rings. The highest BCUT2D eigenvalue weighted by Crippen LogP contribution is 2.21. The lowest BCUT2D eigenvalue weighted by molar-refractivity contribution is 0.198. The minimum absolute atomic E-state index is 0.249. The van der Waals surface area contributed by atoms with Crippen LogP contribution < -0.4 is 10.5 Å². The van der Waals surface area contributed by atoms with Crippen LogP contribution in [0, 0.1) is 0 Å². The zero-order chi connectivity index (χ0) is 13.8. The Morgan fingerprint density at radius 1 is 1.25 bits per heavy atom. The normalized spacial score (nSPS) is 19.1. The van der Waals surface area contributed by atoms with E-state index in [0.717, 1.165) is 37.5 Å². The molecule has 3 rings (SSSR count). The SMILES string of the molecule is Nc1cccc(OC2CCN(Cc3ccncc3)C2)c1. The summed E-state index contributed by atoms with van der Waals surface area (Å²) < 4.78 is 5.99. The standard InChI is InChI=1S/C16H19N3O/c17-14-2-1-3-15(10-14)20-16-6-9-19(12-16)11-13-4-7-18-8-5-13/h1-5,7-8,10,16H,6,9,11-12,17H2. The van der Waals surface area contributed by atoms with Crippen LogP contribution in [0.3, 0.4) is 0 Å². The van der Waals surface area contributed by atoms with E-state index in [1.165, 1.54) is 5.56 Å². The van der Waals surface area contributed by atoms with Gasteiger partial charge >= 0.3 is 0 Å². The molecule has 0 amide bonds. The summed E-state index contributed by atoms with van der Waals surface area (Å²) in [6.07, 6.45) is 4.98. The molecule has 0 bridgehead atoms. The van der Waals surface area contributed by atoms with E-state index < -0.39 is 0 Å². The van der Waals surface area contributed by atoms with Crippen LogP contribution in [0.25, 0.3) is 0 Å². The zero-order valence-corrected chi connectivity index (χ0v) is 11.4. The summed E-state index contributed by atoms with van der Waals surface area (Å²) >= 11 is 0. The molecule has 1 aliphatic heterocycles. The maximum atomic E-state index is 5.99. The number of nitrogens with two attached hydrogens (primary N) is 1. The van der Waals surface area contributed by atoms with Gasteiger partial charge in [-0.05, 0) is 36.2 Å². The Morgan fingerprint density at radius 3 is 2.90 bits per heavy atom. The second-order valence-corrected chi connectivity index (χ2v) is 5.19. The summed E-state index contributed by atoms with van der Waals surface area (Å²) in [7, 11) is 0. The number of nitrogen functional groups attached to an aromatic ring is 1. The molecule has 1 aromatic heterocycles. The maximum absolute atomic E-state index is 5.99. The first-order chi connectivity index (χ1) is 9.79. The molecule has 0 radical (unpaired) electrons. The Balaban J connectivity index is 1.54. The number of pyridine rings is 1. The molecule has 2 N–H and O–H groups in total. The van der Waals surface area contributed by atoms with Crippen molar-refractivity contribution in [1.82, 2.24) is 9.88 Å². The van der Waals surface area contributed by atoms with E-state index in [-0.39, 0.29) is 6.10 Å². The quantitative estimate of drug-likeness (QED) is 0.865. The van der Waals surface area contributed by atoms with Crippen LogP contribution in [0.2, 0.25) is 0 Å². The molecule has 1 unspecified atom stereocenters. The van der Waals surface area contributed by atoms with Gasteiger partial charge in [-0.1, -0.05) is 6.07 Å². The molecular weight excluding hydrogens is 250 g/mol. The Bertz CT molecular complexity index is 559. The molecule has 2 aromatic rings. The largest absolute Gasteiger partial charge is 0.489 e. The van der Waals surface area contributed by atoms with Gasteiger partial charge in [0.05, 0.1) is 0 Å². The lowest BCUT2D eigenvalue weighted by atomic mass is 10.2. The molecule has 4 heteroatoms. The molecule has 1 saturated heterocycles. The summed E-state index contributed by atoms with van der Waals surface area (Å²) in [5, 5.41) is 0. The van der Waals surface area contributed by atoms with Crippen molar-refractivity contribution in [3.8, 4) is 5.75 Å². The van der Waals surface area contributed by atoms with E-state index in [0.29, 0.717) is 0 Å². The first-order valence-corrected chi connectivity index (χ1v) is 6.93. The van der Waals surface area contributed by atoms with Gasteiger partial charge in [-0.2, -0.15) is 0 Å². The number of anilines is 1. The molecule has 1 aromatic carbocycles. The van der Waals surface area contributed by atoms with Gasteiger partial charge in [0.2, 0.25) is 0 Å². The van der Waals surface area contributed by atoms with Crippen molar-refractivity contribution >= 4 is 5.69 Å². The van der Waals surface area contributed by atoms with Crippen molar-refractivity contribution in [2.75, 3.05) is 18.8 Å². The van der Waals surface area contributed by atoms with Gasteiger partial charge in [-0.25, -0.2) is 0 Å². The number of hydrogen-bond donors (Lipinski definition) is 1. The van der Waals surface area contributed by atoms with Gasteiger partial charge in [0, 0.05) is 43.8 Å². The average molecular weight is 269 g/mol. The van der Waals surface area contributed by atoms with Crippen LogP contribution in [0.1, 0.15) is 12.0 Å². The molecule has 0 aliphatic carbocycles. The van der Waals surface area contributed by atoms with E-state index in [9.17, 15) is 0 Å². The molecule has 1 atom stereocenters. The predicted octanol–water partition coefficient (Wildman–Crippen LogP) is 2.32. The summed E-state index contributed by atoms with van der Waals surface area (Å²) in [5.74, 6) is 0.862. The zero-order valence-electron chi connectivity index (χ0n) is 11.4. The fourth-order valence-corrected chi connectivity index (χ4v) is 2.56. The number of benzene rings is 1. The number of likely N-dealkylation sites (tertiary alicyclic amines) is 1. The average Bonchev–Trinajstić information content (AvgIpc) is 2.87. The van der Waals surface area contributed by atoms with Crippen LogP contribution >= 0.6 is 0 Å². The summed E-state index contributed by atoms with van der Waals surface area (Å²) in [6, 6.07) is 11.8. The van der Waals surface area contributed by atoms with E-state index in [2.05, 4.69) is 22.0 Å². The molecule has 1 fully saturated rings. The number of nitrogens with zero attached hydrogens (tertiary/aromatic N) is 2. The van der Waals surface area contributed by atoms with Crippen molar-refractivity contribution in [3.63, 3.8) is 0 Å². The predicted molar refractivity (Wildman–Crippen MR) is 79.4 cm³/mol. The van der Waals surface area contributed by atoms with Gasteiger partial charge in [0.25, 0.3) is 0 Å². The van der Waals surface area contributed by atoms with Crippen LogP contribution in [0.15, 0.2) is 48.8 Å². The fraction of sp³-hybridized carbons (Fsp3) is 0.312. The lowest BCUT2D eigenvalue weighted by Crippen LogP contribution is -2.24. The second kappa shape index (κ2) is 5.92. The molecular formula is C16H19N3O. The number of hydrogen-bond acceptors (Lipinski definition) is 4. The Kier molecular flexibility index (Phi) is 3.83. The molecule has 20 heavy (non-hydrogen) atoms. The summed E-state index contributed by atoms with van der Waals surface area (Å²) in [5.41, 5.74) is 7.81. The van der Waals surface area contributed by atoms with Crippen LogP contribution in [0.4, 0.5) is 5.69 Å². The van der Waals surface area contributed by atoms with Gasteiger partial charge in [-0.15, -0.1) is 0 Å². The van der Waals surface area contributed by atoms with Crippen molar-refractivity contribution in [2.24, 2.45) is 0 Å². The van der Waals surface area contributed by atoms with E-state index in [1.807, 2.05) is 36.7 Å². The topological polar surface area (TPSA) is 51.4 Å². The third kappa shape index (κ3) is 3.27. The Morgan fingerprint density at radius 2 is 2.10 bits per heavy atom. The van der Waals surface area contributed by atoms with Crippen LogP contribution in [-0.4, -0.2) is 29.1 Å². The Hall–Kier alpha value is -2.07. The minimum atomic E-state index is 0.249. The highest BCUT2D eigenvalue weighted by Gasteiger charge is 2.23. The van der Waals surface area contributed by atoms with Crippen molar-refractivity contribution in [2.45, 2.75) is 19.1 Å². The van der Waals surface area contributed by atoms with Crippen LogP contribution in [-0.2, 0) is 6.54 Å². The number of rotatable bonds is 4. The third-order valence-electron chi connectivity index (χ3n) is 3.55. The highest BCUT2D eigenvalue weighted by molar-refractivity contribution is 5.43. The van der Waals surface area contributed by atoms with E-state index in [4.69, 9.17) is 10.5 Å². The van der Waals surface area contributed by atoms with Crippen molar-refractivity contribution < 1.29 is 4.74 Å². The fourth-order valence-electron chi connectivity index (χ4n) is 2.56. The van der Waals surface area contributed by atoms with E-state index in [1.54, 1.807) is 0 Å². The monoisotopic (exact) mass is 269 g/mol. The van der Waals surface area contributed by atoms with E-state index >= 15 is 0 Å². The molecule has 4 nitrogen and oxygen atoms in total. The maximum Gasteiger partial charge on any atom is 0.121 e. The first kappa shape index (κ1) is 12.9. The number of aromatic nitrogens is 1. The van der Waals surface area contributed by atoms with Gasteiger partial charge in [0.15, 0.2) is 0 Å². The third-order valence-corrected chi connectivity index (χ3v) is 3.55.